The fourth-order valence-corrected chi connectivity index (χ4v) is 5.29. The number of aryl methyl sites for hydroxylation is 1. The van der Waals surface area contributed by atoms with E-state index in [9.17, 15) is 9.59 Å². The highest BCUT2D eigenvalue weighted by Gasteiger charge is 2.29. The molecule has 0 saturated carbocycles. The van der Waals surface area contributed by atoms with Crippen LogP contribution < -0.4 is 10.6 Å². The van der Waals surface area contributed by atoms with Gasteiger partial charge in [-0.3, -0.25) is 14.5 Å². The molecule has 3 aromatic rings. The van der Waals surface area contributed by atoms with Gasteiger partial charge in [0.1, 0.15) is 0 Å². The van der Waals surface area contributed by atoms with Gasteiger partial charge in [-0.25, -0.2) is 0 Å². The van der Waals surface area contributed by atoms with Gasteiger partial charge in [-0.2, -0.15) is 0 Å². The third-order valence-corrected chi connectivity index (χ3v) is 7.36. The first-order valence-electron chi connectivity index (χ1n) is 12.3. The van der Waals surface area contributed by atoms with E-state index >= 15 is 0 Å². The van der Waals surface area contributed by atoms with Crippen LogP contribution in [-0.4, -0.2) is 29.8 Å². The Kier molecular flexibility index (Phi) is 7.16. The number of nitrogens with zero attached hydrogens (tertiary/aromatic N) is 1. The minimum Gasteiger partial charge on any atom is -0.349 e. The van der Waals surface area contributed by atoms with Crippen molar-refractivity contribution in [3.05, 3.63) is 100 Å². The maximum Gasteiger partial charge on any atom is 0.255 e. The van der Waals surface area contributed by atoms with E-state index < -0.39 is 0 Å². The van der Waals surface area contributed by atoms with E-state index in [1.807, 2.05) is 18.2 Å². The van der Waals surface area contributed by atoms with Crippen LogP contribution in [0, 0.1) is 5.92 Å². The topological polar surface area (TPSA) is 61.4 Å². The molecule has 35 heavy (non-hydrogen) atoms. The zero-order valence-electron chi connectivity index (χ0n) is 19.7. The van der Waals surface area contributed by atoms with Crippen LogP contribution in [0.1, 0.15) is 52.4 Å². The molecule has 1 heterocycles. The second-order valence-corrected chi connectivity index (χ2v) is 9.95. The van der Waals surface area contributed by atoms with Crippen molar-refractivity contribution >= 4 is 29.1 Å². The quantitative estimate of drug-likeness (QED) is 0.475. The van der Waals surface area contributed by atoms with Crippen molar-refractivity contribution in [1.82, 2.24) is 10.2 Å². The summed E-state index contributed by atoms with van der Waals surface area (Å²) in [6.45, 7) is 2.58. The normalized spacial score (nSPS) is 18.1. The van der Waals surface area contributed by atoms with Gasteiger partial charge in [-0.15, -0.1) is 0 Å². The number of fused-ring (bicyclic) bond motifs is 1. The van der Waals surface area contributed by atoms with E-state index in [0.29, 0.717) is 10.6 Å². The Bertz CT molecular complexity index is 1200. The molecule has 180 valence electrons. The molecule has 1 atom stereocenters. The molecule has 2 amide bonds. The lowest BCUT2D eigenvalue weighted by Gasteiger charge is -2.32. The number of hydrogen-bond acceptors (Lipinski definition) is 3. The highest BCUT2D eigenvalue weighted by atomic mass is 35.5. The first-order chi connectivity index (χ1) is 17.0. The monoisotopic (exact) mass is 487 g/mol. The third-order valence-electron chi connectivity index (χ3n) is 7.11. The van der Waals surface area contributed by atoms with Gasteiger partial charge in [-0.05, 0) is 91.9 Å². The second kappa shape index (κ2) is 10.6. The molecular weight excluding hydrogens is 458 g/mol. The van der Waals surface area contributed by atoms with Crippen molar-refractivity contribution < 1.29 is 9.59 Å². The number of rotatable bonds is 6. The van der Waals surface area contributed by atoms with Crippen LogP contribution in [0.4, 0.5) is 5.69 Å². The molecule has 1 aliphatic heterocycles. The molecule has 5 rings (SSSR count). The van der Waals surface area contributed by atoms with Gasteiger partial charge < -0.3 is 10.6 Å². The first-order valence-corrected chi connectivity index (χ1v) is 12.7. The van der Waals surface area contributed by atoms with Gasteiger partial charge in [0.2, 0.25) is 5.91 Å². The van der Waals surface area contributed by atoms with Gasteiger partial charge in [-0.1, -0.05) is 48.0 Å². The lowest BCUT2D eigenvalue weighted by molar-refractivity contribution is -0.127. The molecule has 2 N–H and O–H groups in total. The summed E-state index contributed by atoms with van der Waals surface area (Å²) in [5, 5.41) is 6.88. The van der Waals surface area contributed by atoms with Gasteiger partial charge in [0.25, 0.3) is 5.91 Å². The van der Waals surface area contributed by atoms with E-state index in [4.69, 9.17) is 11.6 Å². The van der Waals surface area contributed by atoms with Crippen LogP contribution in [-0.2, 0) is 17.8 Å². The maximum atomic E-state index is 12.9. The Morgan fingerprint density at radius 2 is 1.69 bits per heavy atom. The number of hydrogen-bond donors (Lipinski definition) is 2. The van der Waals surface area contributed by atoms with Crippen molar-refractivity contribution in [2.24, 2.45) is 5.92 Å². The summed E-state index contributed by atoms with van der Waals surface area (Å²) >= 11 is 5.91. The number of amides is 2. The highest BCUT2D eigenvalue weighted by molar-refractivity contribution is 6.30. The number of piperidine rings is 1. The number of anilines is 1. The van der Waals surface area contributed by atoms with Gasteiger partial charge >= 0.3 is 0 Å². The predicted octanol–water partition coefficient (Wildman–Crippen LogP) is 5.61. The van der Waals surface area contributed by atoms with Crippen molar-refractivity contribution in [2.75, 3.05) is 18.4 Å². The van der Waals surface area contributed by atoms with E-state index in [2.05, 4.69) is 45.9 Å². The lowest BCUT2D eigenvalue weighted by atomic mass is 9.94. The van der Waals surface area contributed by atoms with Crippen LogP contribution >= 0.6 is 11.6 Å². The standard InChI is InChI=1S/C29H30ClN3O2/c30-24-11-8-22(9-12-24)28(34)31-25-6-3-4-20(18-25)19-33-16-14-23(15-17-33)29(35)32-27-13-10-21-5-1-2-7-26(21)27/h1-9,11-12,18,23,27H,10,13-17,19H2,(H,31,34)(H,32,35). The molecule has 6 heteroatoms. The SMILES string of the molecule is O=C(Nc1cccc(CN2CCC(C(=O)NC3CCc4ccccc43)CC2)c1)c1ccc(Cl)cc1. The molecule has 5 nitrogen and oxygen atoms in total. The van der Waals surface area contributed by atoms with E-state index in [-0.39, 0.29) is 23.8 Å². The average molecular weight is 488 g/mol. The molecule has 1 fully saturated rings. The molecule has 0 bridgehead atoms. The molecule has 0 radical (unpaired) electrons. The van der Waals surface area contributed by atoms with Crippen molar-refractivity contribution in [1.29, 1.82) is 0 Å². The van der Waals surface area contributed by atoms with Gasteiger partial charge in [0, 0.05) is 28.7 Å². The zero-order valence-corrected chi connectivity index (χ0v) is 20.4. The molecule has 1 unspecified atom stereocenters. The van der Waals surface area contributed by atoms with Gasteiger partial charge in [0.05, 0.1) is 6.04 Å². The molecule has 0 aromatic heterocycles. The minimum absolute atomic E-state index is 0.0732. The number of halogens is 1. The van der Waals surface area contributed by atoms with Gasteiger partial charge in [0.15, 0.2) is 0 Å². The fourth-order valence-electron chi connectivity index (χ4n) is 5.16. The van der Waals surface area contributed by atoms with Crippen molar-refractivity contribution in [3.8, 4) is 0 Å². The number of nitrogens with one attached hydrogen (secondary N) is 2. The van der Waals surface area contributed by atoms with Crippen molar-refractivity contribution in [2.45, 2.75) is 38.3 Å². The van der Waals surface area contributed by atoms with Crippen LogP contribution in [0.15, 0.2) is 72.8 Å². The van der Waals surface area contributed by atoms with E-state index in [1.54, 1.807) is 24.3 Å². The third kappa shape index (κ3) is 5.75. The summed E-state index contributed by atoms with van der Waals surface area (Å²) < 4.78 is 0. The zero-order chi connectivity index (χ0) is 24.2. The van der Waals surface area contributed by atoms with E-state index in [1.165, 1.54) is 11.1 Å². The molecule has 1 aliphatic carbocycles. The Morgan fingerprint density at radius 3 is 2.49 bits per heavy atom. The fraction of sp³-hybridized carbons (Fsp3) is 0.310. The molecule has 0 spiro atoms. The van der Waals surface area contributed by atoms with Crippen molar-refractivity contribution in [3.63, 3.8) is 0 Å². The molecular formula is C29H30ClN3O2. The average Bonchev–Trinajstić information content (AvgIpc) is 3.28. The predicted molar refractivity (Wildman–Crippen MR) is 139 cm³/mol. The van der Waals surface area contributed by atoms with Crippen LogP contribution in [0.25, 0.3) is 0 Å². The number of benzene rings is 3. The first kappa shape index (κ1) is 23.6. The summed E-state index contributed by atoms with van der Waals surface area (Å²) in [6.07, 6.45) is 3.77. The van der Waals surface area contributed by atoms with Crippen LogP contribution in [0.3, 0.4) is 0 Å². The molecule has 2 aliphatic rings. The Balaban J connectivity index is 1.11. The largest absolute Gasteiger partial charge is 0.349 e. The Hall–Kier alpha value is -3.15. The lowest BCUT2D eigenvalue weighted by Crippen LogP contribution is -2.41. The smallest absolute Gasteiger partial charge is 0.255 e. The number of carbonyl (C=O) groups is 2. The maximum absolute atomic E-state index is 12.9. The Morgan fingerprint density at radius 1 is 0.914 bits per heavy atom. The summed E-state index contributed by atoms with van der Waals surface area (Å²) in [7, 11) is 0. The Labute approximate surface area is 211 Å². The molecule has 3 aromatic carbocycles. The summed E-state index contributed by atoms with van der Waals surface area (Å²) in [5.74, 6) is 0.109. The number of likely N-dealkylation sites (tertiary alicyclic amines) is 1. The van der Waals surface area contributed by atoms with Crippen LogP contribution in [0.2, 0.25) is 5.02 Å². The molecule has 1 saturated heterocycles. The highest BCUT2D eigenvalue weighted by Crippen LogP contribution is 2.31. The van der Waals surface area contributed by atoms with E-state index in [0.717, 1.165) is 56.6 Å². The minimum atomic E-state index is -0.157. The summed E-state index contributed by atoms with van der Waals surface area (Å²) in [6, 6.07) is 23.4. The van der Waals surface area contributed by atoms with Crippen LogP contribution in [0.5, 0.6) is 0 Å². The summed E-state index contributed by atoms with van der Waals surface area (Å²) in [5.41, 5.74) is 5.12. The number of carbonyl (C=O) groups excluding carboxylic acids is 2. The summed E-state index contributed by atoms with van der Waals surface area (Å²) in [4.78, 5) is 27.8. The second-order valence-electron chi connectivity index (χ2n) is 9.51.